The molecular formula is C68H131NO5. The highest BCUT2D eigenvalue weighted by Gasteiger charge is 2.20. The maximum atomic E-state index is 12.5. The van der Waals surface area contributed by atoms with Crippen molar-refractivity contribution in [1.29, 1.82) is 0 Å². The van der Waals surface area contributed by atoms with Crippen molar-refractivity contribution in [3.63, 3.8) is 0 Å². The Morgan fingerprint density at radius 3 is 1.05 bits per heavy atom. The number of hydrogen-bond acceptors (Lipinski definition) is 5. The summed E-state index contributed by atoms with van der Waals surface area (Å²) in [5.74, 6) is -0.0252. The SMILES string of the molecule is CCCCC/C=C\C/C=C\CCCCCCCC(=O)OCCCCCCCCCCCCCCCCCCCCCCCCCCCCCC(=O)N[C@@H](CO)[C@H](O)CCCCCCCCCCCCCCCCC. The van der Waals surface area contributed by atoms with Gasteiger partial charge in [-0.2, -0.15) is 0 Å². The first-order chi connectivity index (χ1) is 36.5. The molecule has 6 nitrogen and oxygen atoms in total. The van der Waals surface area contributed by atoms with Gasteiger partial charge in [0.25, 0.3) is 0 Å². The lowest BCUT2D eigenvalue weighted by Gasteiger charge is -2.22. The molecule has 0 saturated carbocycles. The number of ether oxygens (including phenoxy) is 1. The average Bonchev–Trinajstić information content (AvgIpc) is 3.40. The van der Waals surface area contributed by atoms with Gasteiger partial charge in [0, 0.05) is 12.8 Å². The zero-order valence-corrected chi connectivity index (χ0v) is 50.1. The minimum Gasteiger partial charge on any atom is -0.466 e. The van der Waals surface area contributed by atoms with Crippen LogP contribution in [0.15, 0.2) is 24.3 Å². The highest BCUT2D eigenvalue weighted by atomic mass is 16.5. The number of aliphatic hydroxyl groups excluding tert-OH is 2. The van der Waals surface area contributed by atoms with Gasteiger partial charge >= 0.3 is 5.97 Å². The Bertz CT molecular complexity index is 1150. The fourth-order valence-corrected chi connectivity index (χ4v) is 10.6. The van der Waals surface area contributed by atoms with Crippen LogP contribution in [0, 0.1) is 0 Å². The molecule has 0 rings (SSSR count). The van der Waals surface area contributed by atoms with Crippen LogP contribution in [0.25, 0.3) is 0 Å². The Balaban J connectivity index is 3.34. The number of aliphatic hydroxyl groups is 2. The number of hydrogen-bond donors (Lipinski definition) is 3. The molecule has 0 bridgehead atoms. The molecule has 0 aliphatic carbocycles. The van der Waals surface area contributed by atoms with E-state index in [0.29, 0.717) is 25.9 Å². The zero-order valence-electron chi connectivity index (χ0n) is 50.1. The monoisotopic (exact) mass is 1040 g/mol. The summed E-state index contributed by atoms with van der Waals surface area (Å²) in [6.07, 6.45) is 79.2. The maximum Gasteiger partial charge on any atom is 0.305 e. The van der Waals surface area contributed by atoms with Gasteiger partial charge in [0.05, 0.1) is 25.4 Å². The van der Waals surface area contributed by atoms with Gasteiger partial charge in [-0.05, 0) is 57.8 Å². The topological polar surface area (TPSA) is 95.9 Å². The summed E-state index contributed by atoms with van der Waals surface area (Å²) < 4.78 is 5.48. The molecule has 0 heterocycles. The van der Waals surface area contributed by atoms with Gasteiger partial charge in [0.1, 0.15) is 0 Å². The molecule has 0 saturated heterocycles. The third-order valence-corrected chi connectivity index (χ3v) is 15.8. The van der Waals surface area contributed by atoms with E-state index in [4.69, 9.17) is 4.74 Å². The molecular weight excluding hydrogens is 911 g/mol. The van der Waals surface area contributed by atoms with Crippen LogP contribution in [-0.4, -0.2) is 47.4 Å². The van der Waals surface area contributed by atoms with Gasteiger partial charge in [-0.15, -0.1) is 0 Å². The van der Waals surface area contributed by atoms with Crippen LogP contribution in [-0.2, 0) is 14.3 Å². The number of esters is 1. The van der Waals surface area contributed by atoms with Crippen molar-refractivity contribution in [1.82, 2.24) is 5.32 Å². The second-order valence-corrected chi connectivity index (χ2v) is 23.2. The molecule has 0 aliphatic rings. The lowest BCUT2D eigenvalue weighted by Crippen LogP contribution is -2.45. The maximum absolute atomic E-state index is 12.5. The normalized spacial score (nSPS) is 12.6. The molecule has 0 aliphatic heterocycles. The third-order valence-electron chi connectivity index (χ3n) is 15.8. The fraction of sp³-hybridized carbons (Fsp3) is 0.912. The second kappa shape index (κ2) is 63.9. The Hall–Kier alpha value is -1.66. The molecule has 2 atom stereocenters. The molecule has 438 valence electrons. The highest BCUT2D eigenvalue weighted by molar-refractivity contribution is 5.76. The minimum absolute atomic E-state index is 0.00455. The van der Waals surface area contributed by atoms with Crippen LogP contribution in [0.5, 0.6) is 0 Å². The van der Waals surface area contributed by atoms with Crippen LogP contribution in [0.2, 0.25) is 0 Å². The summed E-state index contributed by atoms with van der Waals surface area (Å²) in [7, 11) is 0. The van der Waals surface area contributed by atoms with Gasteiger partial charge in [0.2, 0.25) is 5.91 Å². The number of allylic oxidation sites excluding steroid dienone is 4. The summed E-state index contributed by atoms with van der Waals surface area (Å²) in [4.78, 5) is 24.6. The number of amides is 1. The van der Waals surface area contributed by atoms with E-state index in [1.807, 2.05) is 0 Å². The summed E-state index contributed by atoms with van der Waals surface area (Å²) in [5, 5.41) is 23.3. The van der Waals surface area contributed by atoms with Crippen LogP contribution in [0.1, 0.15) is 373 Å². The molecule has 0 radical (unpaired) electrons. The van der Waals surface area contributed by atoms with Crippen molar-refractivity contribution in [3.05, 3.63) is 24.3 Å². The Morgan fingerprint density at radius 2 is 0.676 bits per heavy atom. The molecule has 0 aromatic carbocycles. The molecule has 3 N–H and O–H groups in total. The van der Waals surface area contributed by atoms with Gasteiger partial charge in [-0.1, -0.05) is 327 Å². The average molecular weight is 1040 g/mol. The standard InChI is InChI=1S/C68H131NO5/c1-3-5-7-9-11-13-15-17-32-36-40-44-48-52-56-60-66(71)65(64-70)69-67(72)61-57-53-49-45-41-37-34-30-28-26-24-22-20-19-21-23-25-27-29-31-35-39-43-47-51-55-59-63-74-68(73)62-58-54-50-46-42-38-33-18-16-14-12-10-8-6-4-2/h12,14,18,33,65-66,70-71H,3-11,13,15-17,19-32,34-64H2,1-2H3,(H,69,72)/b14-12-,33-18-/t65-,66+/m0/s1. The van der Waals surface area contributed by atoms with E-state index >= 15 is 0 Å². The van der Waals surface area contributed by atoms with Crippen LogP contribution in [0.4, 0.5) is 0 Å². The second-order valence-electron chi connectivity index (χ2n) is 23.2. The van der Waals surface area contributed by atoms with Crippen molar-refractivity contribution >= 4 is 11.9 Å². The number of nitrogens with one attached hydrogen (secondary N) is 1. The largest absolute Gasteiger partial charge is 0.466 e. The van der Waals surface area contributed by atoms with Crippen LogP contribution in [0.3, 0.4) is 0 Å². The summed E-state index contributed by atoms with van der Waals surface area (Å²) in [6.45, 7) is 4.95. The third kappa shape index (κ3) is 59.6. The molecule has 0 aromatic heterocycles. The smallest absolute Gasteiger partial charge is 0.305 e. The predicted molar refractivity (Wildman–Crippen MR) is 324 cm³/mol. The summed E-state index contributed by atoms with van der Waals surface area (Å²) in [5.41, 5.74) is 0. The van der Waals surface area contributed by atoms with E-state index in [2.05, 4.69) is 43.5 Å². The number of carbonyl (C=O) groups is 2. The van der Waals surface area contributed by atoms with Crippen LogP contribution >= 0.6 is 0 Å². The van der Waals surface area contributed by atoms with Crippen LogP contribution < -0.4 is 5.32 Å². The Labute approximate surface area is 462 Å². The molecule has 74 heavy (non-hydrogen) atoms. The molecule has 0 unspecified atom stereocenters. The lowest BCUT2D eigenvalue weighted by atomic mass is 10.0. The predicted octanol–water partition coefficient (Wildman–Crippen LogP) is 21.4. The molecule has 0 aromatic rings. The van der Waals surface area contributed by atoms with E-state index < -0.39 is 12.1 Å². The lowest BCUT2D eigenvalue weighted by molar-refractivity contribution is -0.143. The van der Waals surface area contributed by atoms with E-state index in [-0.39, 0.29) is 18.5 Å². The molecule has 1 amide bonds. The first-order valence-electron chi connectivity index (χ1n) is 33.6. The minimum atomic E-state index is -0.662. The van der Waals surface area contributed by atoms with Crippen molar-refractivity contribution in [2.24, 2.45) is 0 Å². The van der Waals surface area contributed by atoms with Gasteiger partial charge in [-0.3, -0.25) is 9.59 Å². The van der Waals surface area contributed by atoms with Gasteiger partial charge < -0.3 is 20.3 Å². The van der Waals surface area contributed by atoms with E-state index in [0.717, 1.165) is 51.4 Å². The van der Waals surface area contributed by atoms with Gasteiger partial charge in [0.15, 0.2) is 0 Å². The summed E-state index contributed by atoms with van der Waals surface area (Å²) >= 11 is 0. The quantitative estimate of drug-likeness (QED) is 0.0320. The fourth-order valence-electron chi connectivity index (χ4n) is 10.6. The van der Waals surface area contributed by atoms with E-state index in [1.54, 1.807) is 0 Å². The van der Waals surface area contributed by atoms with Crippen molar-refractivity contribution in [3.8, 4) is 0 Å². The Morgan fingerprint density at radius 1 is 0.378 bits per heavy atom. The Kier molecular flexibility index (Phi) is 62.4. The number of rotatable bonds is 63. The van der Waals surface area contributed by atoms with E-state index in [9.17, 15) is 19.8 Å². The van der Waals surface area contributed by atoms with E-state index in [1.165, 1.54) is 289 Å². The zero-order chi connectivity index (χ0) is 53.6. The number of unbranched alkanes of at least 4 members (excludes halogenated alkanes) is 48. The van der Waals surface area contributed by atoms with Crippen molar-refractivity contribution < 1.29 is 24.5 Å². The van der Waals surface area contributed by atoms with Crippen molar-refractivity contribution in [2.75, 3.05) is 13.2 Å². The van der Waals surface area contributed by atoms with Crippen molar-refractivity contribution in [2.45, 2.75) is 386 Å². The summed E-state index contributed by atoms with van der Waals surface area (Å²) in [6, 6.07) is -0.539. The first-order valence-corrected chi connectivity index (χ1v) is 33.6. The first kappa shape index (κ1) is 72.3. The number of carbonyl (C=O) groups excluding carboxylic acids is 2. The highest BCUT2D eigenvalue weighted by Crippen LogP contribution is 2.19. The van der Waals surface area contributed by atoms with Gasteiger partial charge in [-0.25, -0.2) is 0 Å². The molecule has 0 fully saturated rings. The molecule has 0 spiro atoms. The molecule has 6 heteroatoms.